The van der Waals surface area contributed by atoms with Crippen molar-refractivity contribution >= 4 is 33.2 Å². The maximum Gasteiger partial charge on any atom is 0.241 e. The quantitative estimate of drug-likeness (QED) is 0.695. The van der Waals surface area contributed by atoms with Crippen molar-refractivity contribution < 1.29 is 13.2 Å². The zero-order valence-corrected chi connectivity index (χ0v) is 12.2. The van der Waals surface area contributed by atoms with Crippen molar-refractivity contribution in [2.75, 3.05) is 18.8 Å². The van der Waals surface area contributed by atoms with E-state index in [4.69, 9.17) is 17.3 Å². The van der Waals surface area contributed by atoms with Crippen molar-refractivity contribution in [3.63, 3.8) is 0 Å². The number of anilines is 1. The molecule has 1 aromatic rings. The summed E-state index contributed by atoms with van der Waals surface area (Å²) in [6.45, 7) is 3.52. The van der Waals surface area contributed by atoms with E-state index in [1.165, 1.54) is 12.1 Å². The number of amides is 1. The molecule has 0 unspecified atom stereocenters. The number of nitrogen functional groups attached to an aromatic ring is 1. The number of carbonyl (C=O) groups is 1. The van der Waals surface area contributed by atoms with Gasteiger partial charge < -0.3 is 11.1 Å². The molecule has 0 saturated heterocycles. The van der Waals surface area contributed by atoms with E-state index in [9.17, 15) is 13.2 Å². The van der Waals surface area contributed by atoms with Gasteiger partial charge in [-0.3, -0.25) is 4.79 Å². The highest BCUT2D eigenvalue weighted by molar-refractivity contribution is 7.89. The van der Waals surface area contributed by atoms with E-state index in [2.05, 4.69) is 10.0 Å². The summed E-state index contributed by atoms with van der Waals surface area (Å²) in [6.07, 6.45) is 0. The zero-order valence-electron chi connectivity index (χ0n) is 10.7. The molecule has 1 aromatic carbocycles. The second-order valence-corrected chi connectivity index (χ2v) is 6.07. The first-order chi connectivity index (χ1) is 8.77. The smallest absolute Gasteiger partial charge is 0.241 e. The molecule has 0 aliphatic rings. The summed E-state index contributed by atoms with van der Waals surface area (Å²) in [5.41, 5.74) is 6.35. The Bertz CT molecular complexity index is 564. The van der Waals surface area contributed by atoms with E-state index < -0.39 is 15.9 Å². The number of nitrogens with two attached hydrogens (primary N) is 1. The average Bonchev–Trinajstić information content (AvgIpc) is 2.33. The molecule has 6 nitrogen and oxygen atoms in total. The van der Waals surface area contributed by atoms with Gasteiger partial charge in [-0.25, -0.2) is 13.1 Å². The van der Waals surface area contributed by atoms with E-state index in [1.54, 1.807) is 13.8 Å². The molecule has 0 saturated carbocycles. The number of halogens is 1. The van der Waals surface area contributed by atoms with Crippen LogP contribution in [0.15, 0.2) is 17.0 Å². The molecule has 0 spiro atoms. The van der Waals surface area contributed by atoms with Crippen molar-refractivity contribution in [2.24, 2.45) is 0 Å². The molecular weight excluding hydrogens is 290 g/mol. The summed E-state index contributed by atoms with van der Waals surface area (Å²) < 4.78 is 26.1. The number of likely N-dealkylation sites (N-methyl/N-ethyl adjacent to an activating group) is 1. The van der Waals surface area contributed by atoms with Crippen LogP contribution in [0.3, 0.4) is 0 Å². The molecule has 1 amide bonds. The van der Waals surface area contributed by atoms with Gasteiger partial charge in [-0.05, 0) is 31.5 Å². The van der Waals surface area contributed by atoms with Crippen LogP contribution >= 0.6 is 11.6 Å². The lowest BCUT2D eigenvalue weighted by Gasteiger charge is -2.09. The summed E-state index contributed by atoms with van der Waals surface area (Å²) in [5, 5.41) is 2.81. The van der Waals surface area contributed by atoms with Crippen molar-refractivity contribution in [1.29, 1.82) is 0 Å². The summed E-state index contributed by atoms with van der Waals surface area (Å²) in [5.74, 6) is -0.398. The SMILES string of the molecule is CCNC(=O)CNS(=O)(=O)c1cc(C)c(Cl)c(N)c1. The molecule has 0 bridgehead atoms. The fourth-order valence-electron chi connectivity index (χ4n) is 1.42. The third-order valence-corrected chi connectivity index (χ3v) is 4.26. The van der Waals surface area contributed by atoms with Gasteiger partial charge in [-0.1, -0.05) is 11.6 Å². The third kappa shape index (κ3) is 4.09. The number of nitrogens with one attached hydrogen (secondary N) is 2. The lowest BCUT2D eigenvalue weighted by Crippen LogP contribution is -2.36. The third-order valence-electron chi connectivity index (χ3n) is 2.36. The molecular formula is C11H16ClN3O3S. The molecule has 0 aromatic heterocycles. The molecule has 8 heteroatoms. The number of hydrogen-bond donors (Lipinski definition) is 3. The molecule has 0 aliphatic heterocycles. The Kier molecular flexibility index (Phi) is 5.16. The largest absolute Gasteiger partial charge is 0.397 e. The Morgan fingerprint density at radius 2 is 2.05 bits per heavy atom. The number of sulfonamides is 1. The molecule has 0 heterocycles. The molecule has 1 rings (SSSR count). The van der Waals surface area contributed by atoms with Gasteiger partial charge in [0.1, 0.15) is 0 Å². The molecule has 0 atom stereocenters. The molecule has 0 fully saturated rings. The summed E-state index contributed by atoms with van der Waals surface area (Å²) in [4.78, 5) is 11.2. The van der Waals surface area contributed by atoms with Crippen molar-refractivity contribution in [3.05, 3.63) is 22.7 Å². The van der Waals surface area contributed by atoms with Crippen LogP contribution in [0, 0.1) is 6.92 Å². The first-order valence-electron chi connectivity index (χ1n) is 5.60. The zero-order chi connectivity index (χ0) is 14.6. The minimum Gasteiger partial charge on any atom is -0.397 e. The maximum atomic E-state index is 12.0. The van der Waals surface area contributed by atoms with Gasteiger partial charge in [0, 0.05) is 6.54 Å². The number of benzene rings is 1. The molecule has 0 aliphatic carbocycles. The van der Waals surface area contributed by atoms with Crippen LogP contribution in [0.25, 0.3) is 0 Å². The van der Waals surface area contributed by atoms with Crippen LogP contribution in [0.5, 0.6) is 0 Å². The second-order valence-electron chi connectivity index (χ2n) is 3.92. The molecule has 106 valence electrons. The summed E-state index contributed by atoms with van der Waals surface area (Å²) in [7, 11) is -3.78. The van der Waals surface area contributed by atoms with E-state index in [0.717, 1.165) is 0 Å². The van der Waals surface area contributed by atoms with Crippen molar-refractivity contribution in [3.8, 4) is 0 Å². The predicted molar refractivity (Wildman–Crippen MR) is 74.5 cm³/mol. The van der Waals surface area contributed by atoms with Gasteiger partial charge >= 0.3 is 0 Å². The standard InChI is InChI=1S/C11H16ClN3O3S/c1-3-14-10(16)6-15-19(17,18)8-4-7(2)11(12)9(13)5-8/h4-5,15H,3,6,13H2,1-2H3,(H,14,16). The highest BCUT2D eigenvalue weighted by atomic mass is 35.5. The van der Waals surface area contributed by atoms with E-state index in [0.29, 0.717) is 17.1 Å². The lowest BCUT2D eigenvalue weighted by molar-refractivity contribution is -0.119. The van der Waals surface area contributed by atoms with Crippen molar-refractivity contribution in [2.45, 2.75) is 18.7 Å². The second kappa shape index (κ2) is 6.23. The first-order valence-corrected chi connectivity index (χ1v) is 7.46. The van der Waals surface area contributed by atoms with E-state index in [-0.39, 0.29) is 17.1 Å². The molecule has 0 radical (unpaired) electrons. The van der Waals surface area contributed by atoms with Gasteiger partial charge in [0.15, 0.2) is 0 Å². The van der Waals surface area contributed by atoms with Crippen LogP contribution in [-0.4, -0.2) is 27.4 Å². The summed E-state index contributed by atoms with van der Waals surface area (Å²) in [6, 6.07) is 2.66. The minimum absolute atomic E-state index is 0.0174. The Morgan fingerprint density at radius 3 is 2.58 bits per heavy atom. The Hall–Kier alpha value is -1.31. The highest BCUT2D eigenvalue weighted by Crippen LogP contribution is 2.26. The van der Waals surface area contributed by atoms with E-state index >= 15 is 0 Å². The van der Waals surface area contributed by atoms with Crippen LogP contribution in [-0.2, 0) is 14.8 Å². The van der Waals surface area contributed by atoms with Crippen molar-refractivity contribution in [1.82, 2.24) is 10.0 Å². The highest BCUT2D eigenvalue weighted by Gasteiger charge is 2.17. The van der Waals surface area contributed by atoms with Crippen LogP contribution in [0.2, 0.25) is 5.02 Å². The van der Waals surface area contributed by atoms with Gasteiger partial charge in [-0.15, -0.1) is 0 Å². The summed E-state index contributed by atoms with van der Waals surface area (Å²) >= 11 is 5.86. The first kappa shape index (κ1) is 15.7. The number of hydrogen-bond acceptors (Lipinski definition) is 4. The monoisotopic (exact) mass is 305 g/mol. The topological polar surface area (TPSA) is 101 Å². The molecule has 4 N–H and O–H groups in total. The average molecular weight is 306 g/mol. The van der Waals surface area contributed by atoms with Gasteiger partial charge in [0.2, 0.25) is 15.9 Å². The van der Waals surface area contributed by atoms with Crippen LogP contribution in [0.4, 0.5) is 5.69 Å². The Labute approximate surface area is 117 Å². The fourth-order valence-corrected chi connectivity index (χ4v) is 2.63. The normalized spacial score (nSPS) is 11.3. The van der Waals surface area contributed by atoms with Gasteiger partial charge in [0.05, 0.1) is 22.2 Å². The van der Waals surface area contributed by atoms with Gasteiger partial charge in [0.25, 0.3) is 0 Å². The number of carbonyl (C=O) groups excluding carboxylic acids is 1. The number of aryl methyl sites for hydroxylation is 1. The molecule has 19 heavy (non-hydrogen) atoms. The van der Waals surface area contributed by atoms with E-state index in [1.807, 2.05) is 0 Å². The van der Waals surface area contributed by atoms with Crippen LogP contribution < -0.4 is 15.8 Å². The van der Waals surface area contributed by atoms with Gasteiger partial charge in [-0.2, -0.15) is 0 Å². The minimum atomic E-state index is -3.78. The maximum absolute atomic E-state index is 12.0. The lowest BCUT2D eigenvalue weighted by atomic mass is 10.2. The Morgan fingerprint density at radius 1 is 1.42 bits per heavy atom. The fraction of sp³-hybridized carbons (Fsp3) is 0.364. The Balaban J connectivity index is 2.92. The predicted octanol–water partition coefficient (Wildman–Crippen LogP) is 0.645. The number of rotatable bonds is 5. The van der Waals surface area contributed by atoms with Crippen LogP contribution in [0.1, 0.15) is 12.5 Å².